The number of aliphatic hydroxyl groups is 1. The second-order valence-electron chi connectivity index (χ2n) is 14.4. The van der Waals surface area contributed by atoms with E-state index in [2.05, 4.69) is 34.0 Å². The topological polar surface area (TPSA) is 128 Å². The van der Waals surface area contributed by atoms with Crippen molar-refractivity contribution in [3.8, 4) is 0 Å². The van der Waals surface area contributed by atoms with Crippen LogP contribution in [0.5, 0.6) is 0 Å². The second kappa shape index (κ2) is 17.3. The normalized spacial score (nSPS) is 19.8. The Morgan fingerprint density at radius 2 is 1.41 bits per heavy atom. The maximum absolute atomic E-state index is 14.3. The Balaban J connectivity index is 1.24. The van der Waals surface area contributed by atoms with E-state index in [1.165, 1.54) is 74.5 Å². The molecule has 0 bridgehead atoms. The van der Waals surface area contributed by atoms with Gasteiger partial charge in [-0.2, -0.15) is 4.99 Å². The minimum Gasteiger partial charge on any atom is -0.506 e. The van der Waals surface area contributed by atoms with Crippen LogP contribution in [0.2, 0.25) is 0 Å². The van der Waals surface area contributed by atoms with Crippen LogP contribution in [0.15, 0.2) is 86.9 Å². The van der Waals surface area contributed by atoms with Gasteiger partial charge in [0.05, 0.1) is 20.9 Å². The average Bonchev–Trinajstić information content (AvgIpc) is 4.04. The zero-order chi connectivity index (χ0) is 37.6. The number of aromatic nitrogens is 1. The van der Waals surface area contributed by atoms with Gasteiger partial charge < -0.3 is 20.2 Å². The first-order valence-corrected chi connectivity index (χ1v) is 21.0. The van der Waals surface area contributed by atoms with Crippen molar-refractivity contribution in [3.63, 3.8) is 0 Å². The monoisotopic (exact) mass is 764 g/mol. The summed E-state index contributed by atoms with van der Waals surface area (Å²) in [5, 5.41) is 16.1. The Hall–Kier alpha value is -4.55. The third-order valence-electron chi connectivity index (χ3n) is 11.0. The molecule has 4 aliphatic rings. The molecule has 10 nitrogen and oxygen atoms in total. The van der Waals surface area contributed by atoms with Crippen molar-refractivity contribution in [2.45, 2.75) is 78.1 Å². The lowest BCUT2D eigenvalue weighted by atomic mass is 9.86. The van der Waals surface area contributed by atoms with Gasteiger partial charge in [-0.25, -0.2) is 9.98 Å². The molecule has 2 N–H and O–H groups in total. The smallest absolute Gasteiger partial charge is 0.279 e. The van der Waals surface area contributed by atoms with Gasteiger partial charge in [0.2, 0.25) is 5.78 Å². The second-order valence-corrected chi connectivity index (χ2v) is 16.3. The van der Waals surface area contributed by atoms with Crippen molar-refractivity contribution in [1.29, 1.82) is 0 Å². The van der Waals surface area contributed by atoms with E-state index in [-0.39, 0.29) is 34.5 Å². The number of aliphatic hydroxyl groups excluding tert-OH is 1. The van der Waals surface area contributed by atoms with Gasteiger partial charge in [0, 0.05) is 37.3 Å². The maximum Gasteiger partial charge on any atom is 0.279 e. The first kappa shape index (κ1) is 37.8. The maximum atomic E-state index is 14.3. The van der Waals surface area contributed by atoms with E-state index in [1.807, 2.05) is 12.1 Å². The van der Waals surface area contributed by atoms with Gasteiger partial charge in [-0.1, -0.05) is 99.1 Å². The van der Waals surface area contributed by atoms with E-state index < -0.39 is 11.7 Å². The summed E-state index contributed by atoms with van der Waals surface area (Å²) in [6.45, 7) is 7.17. The van der Waals surface area contributed by atoms with Crippen LogP contribution < -0.4 is 10.2 Å². The highest BCUT2D eigenvalue weighted by Crippen LogP contribution is 2.48. The number of allylic oxidation sites excluding steroid dienone is 2. The Labute approximate surface area is 325 Å². The molecule has 282 valence electrons. The highest BCUT2D eigenvalue weighted by molar-refractivity contribution is 8.18. The molecule has 0 saturated heterocycles. The number of amidine groups is 2. The van der Waals surface area contributed by atoms with Crippen molar-refractivity contribution in [2.75, 3.05) is 36.4 Å². The van der Waals surface area contributed by atoms with Crippen LogP contribution in [0.4, 0.5) is 10.9 Å². The van der Waals surface area contributed by atoms with Crippen LogP contribution in [0.3, 0.4) is 0 Å². The van der Waals surface area contributed by atoms with Gasteiger partial charge in [-0.15, -0.1) is 0 Å². The fourth-order valence-electron chi connectivity index (χ4n) is 7.76. The quantitative estimate of drug-likeness (QED) is 0.165. The summed E-state index contributed by atoms with van der Waals surface area (Å²) in [6, 6.07) is 17.6. The molecule has 2 heterocycles. The number of thioether (sulfide) groups is 1. The number of benzene rings is 2. The Morgan fingerprint density at radius 3 is 1.98 bits per heavy atom. The summed E-state index contributed by atoms with van der Waals surface area (Å²) >= 11 is 2.57. The minimum atomic E-state index is -0.478. The SMILES string of the molecule is CCN(CCC1CCCC1)C1=NC(=NC(=O)c2ccccc2)/C(=C2/C(=O)C(c3sc(N(CC)CCC4CCCC4)nc3NC(=O)c3ccccc3)=C2O)S1. The highest BCUT2D eigenvalue weighted by atomic mass is 32.2. The number of hydrogen-bond donors (Lipinski definition) is 2. The number of ketones is 1. The van der Waals surface area contributed by atoms with E-state index in [0.29, 0.717) is 56.1 Å². The van der Waals surface area contributed by atoms with Gasteiger partial charge in [-0.3, -0.25) is 14.4 Å². The predicted molar refractivity (Wildman–Crippen MR) is 220 cm³/mol. The van der Waals surface area contributed by atoms with Crippen molar-refractivity contribution in [3.05, 3.63) is 92.9 Å². The lowest BCUT2D eigenvalue weighted by molar-refractivity contribution is -0.111. The van der Waals surface area contributed by atoms with Crippen LogP contribution in [-0.4, -0.2) is 69.8 Å². The molecular weight excluding hydrogens is 717 g/mol. The molecule has 54 heavy (non-hydrogen) atoms. The van der Waals surface area contributed by atoms with E-state index in [1.54, 1.807) is 48.5 Å². The van der Waals surface area contributed by atoms with Crippen molar-refractivity contribution < 1.29 is 19.5 Å². The molecule has 2 aromatic carbocycles. The summed E-state index contributed by atoms with van der Waals surface area (Å²) in [7, 11) is 0. The van der Waals surface area contributed by atoms with E-state index in [4.69, 9.17) is 9.98 Å². The largest absolute Gasteiger partial charge is 0.506 e. The number of carbonyl (C=O) groups is 3. The van der Waals surface area contributed by atoms with Gasteiger partial charge in [0.25, 0.3) is 11.8 Å². The lowest BCUT2D eigenvalue weighted by Crippen LogP contribution is -2.30. The number of nitrogens with zero attached hydrogens (tertiary/aromatic N) is 5. The summed E-state index contributed by atoms with van der Waals surface area (Å²) in [5.41, 5.74) is 1.02. The number of rotatable bonds is 13. The first-order chi connectivity index (χ1) is 26.3. The number of carbonyl (C=O) groups excluding carboxylic acids is 3. The molecule has 7 rings (SSSR count). The van der Waals surface area contributed by atoms with Crippen LogP contribution in [0.1, 0.15) is 104 Å². The number of aliphatic imine (C=N–C) groups is 2. The third-order valence-corrected chi connectivity index (χ3v) is 13.2. The zero-order valence-electron chi connectivity index (χ0n) is 31.1. The molecule has 0 radical (unpaired) electrons. The molecule has 1 aliphatic heterocycles. The van der Waals surface area contributed by atoms with Gasteiger partial charge in [0.1, 0.15) is 5.76 Å². The predicted octanol–water partition coefficient (Wildman–Crippen LogP) is 9.15. The molecule has 0 atom stereocenters. The summed E-state index contributed by atoms with van der Waals surface area (Å²) in [5.74, 6) is 0.271. The average molecular weight is 765 g/mol. The fourth-order valence-corrected chi connectivity index (χ4v) is 10.1. The van der Waals surface area contributed by atoms with Gasteiger partial charge in [0.15, 0.2) is 22.0 Å². The molecular formula is C42H48N6O4S2. The summed E-state index contributed by atoms with van der Waals surface area (Å²) in [4.78, 5) is 60.3. The molecule has 2 saturated carbocycles. The summed E-state index contributed by atoms with van der Waals surface area (Å²) in [6.07, 6.45) is 12.2. The number of hydrogen-bond acceptors (Lipinski definition) is 9. The first-order valence-electron chi connectivity index (χ1n) is 19.4. The van der Waals surface area contributed by atoms with Crippen LogP contribution in [-0.2, 0) is 4.79 Å². The molecule has 3 aromatic rings. The minimum absolute atomic E-state index is 0.0732. The number of nitrogens with one attached hydrogen (secondary N) is 1. The molecule has 2 fully saturated rings. The number of Topliss-reactive ketones (excluding diaryl/α,β-unsaturated/α-hetero) is 1. The number of anilines is 2. The van der Waals surface area contributed by atoms with Crippen molar-refractivity contribution in [2.24, 2.45) is 21.8 Å². The molecule has 1 aromatic heterocycles. The Kier molecular flexibility index (Phi) is 12.1. The molecule has 2 amide bonds. The molecule has 3 aliphatic carbocycles. The van der Waals surface area contributed by atoms with E-state index in [0.717, 1.165) is 25.9 Å². The number of thiazole rings is 1. The van der Waals surface area contributed by atoms with Crippen LogP contribution in [0.25, 0.3) is 5.57 Å². The Morgan fingerprint density at radius 1 is 0.833 bits per heavy atom. The third kappa shape index (κ3) is 8.24. The zero-order valence-corrected chi connectivity index (χ0v) is 32.7. The van der Waals surface area contributed by atoms with Gasteiger partial charge in [-0.05, 0) is 74.6 Å². The van der Waals surface area contributed by atoms with E-state index >= 15 is 0 Å². The summed E-state index contributed by atoms with van der Waals surface area (Å²) < 4.78 is 0. The van der Waals surface area contributed by atoms with Crippen LogP contribution >= 0.6 is 23.1 Å². The molecule has 12 heteroatoms. The van der Waals surface area contributed by atoms with Crippen LogP contribution in [0, 0.1) is 11.8 Å². The molecule has 0 unspecified atom stereocenters. The van der Waals surface area contributed by atoms with E-state index in [9.17, 15) is 19.5 Å². The van der Waals surface area contributed by atoms with Gasteiger partial charge >= 0.3 is 0 Å². The van der Waals surface area contributed by atoms with Crippen molar-refractivity contribution >= 4 is 68.2 Å². The Bertz CT molecular complexity index is 1990. The molecule has 0 spiro atoms. The lowest BCUT2D eigenvalue weighted by Gasteiger charge is -2.24. The van der Waals surface area contributed by atoms with Crippen molar-refractivity contribution in [1.82, 2.24) is 9.88 Å². The standard InChI is InChI=1S/C42H48N6O4S2/c1-3-47(25-23-27-15-11-12-16-27)41-45-37(43-39(51)29-19-7-5-8-20-29)35(53-41)31-33(49)32(34(31)50)36-38(44-40(52)30-21-9-6-10-22-30)46-42(54-36)48(4-2)26-24-28-17-13-14-18-28/h5-10,19-22,27-28,49H,3-4,11-18,23-26H2,1-2H3,(H,43,51)/b36-32-,44-38?. The number of amides is 2. The highest BCUT2D eigenvalue weighted by Gasteiger charge is 2.44. The fraction of sp³-hybridized carbons (Fsp3) is 0.429.